The van der Waals surface area contributed by atoms with Crippen LogP contribution in [0.2, 0.25) is 5.02 Å². The number of hydrogen-bond acceptors (Lipinski definition) is 4. The highest BCUT2D eigenvalue weighted by Crippen LogP contribution is 2.34. The van der Waals surface area contributed by atoms with Gasteiger partial charge in [0.05, 0.1) is 28.4 Å². The summed E-state index contributed by atoms with van der Waals surface area (Å²) < 4.78 is 38.4. The van der Waals surface area contributed by atoms with Crippen LogP contribution < -0.4 is 10.6 Å². The normalized spacial score (nSPS) is 11.1. The molecular formula is C19H16ClF3N2O4S. The van der Waals surface area contributed by atoms with E-state index in [-0.39, 0.29) is 29.3 Å². The molecule has 0 aromatic heterocycles. The molecule has 3 N–H and O–H groups in total. The first-order valence-corrected chi connectivity index (χ1v) is 9.82. The van der Waals surface area contributed by atoms with Crippen LogP contribution >= 0.6 is 23.4 Å². The Morgan fingerprint density at radius 1 is 0.967 bits per heavy atom. The van der Waals surface area contributed by atoms with Crippen LogP contribution in [0.15, 0.2) is 47.4 Å². The van der Waals surface area contributed by atoms with Crippen LogP contribution in [0.1, 0.15) is 18.4 Å². The molecule has 0 aliphatic rings. The molecule has 0 bridgehead atoms. The second-order valence-corrected chi connectivity index (χ2v) is 7.45. The molecule has 2 rings (SSSR count). The van der Waals surface area contributed by atoms with Crippen molar-refractivity contribution >= 4 is 52.5 Å². The Kier molecular flexibility index (Phi) is 8.13. The van der Waals surface area contributed by atoms with Crippen molar-refractivity contribution < 1.29 is 32.7 Å². The number of alkyl halides is 3. The number of halogens is 4. The maximum Gasteiger partial charge on any atom is 0.416 e. The Morgan fingerprint density at radius 3 is 2.23 bits per heavy atom. The molecule has 0 heterocycles. The van der Waals surface area contributed by atoms with E-state index >= 15 is 0 Å². The van der Waals surface area contributed by atoms with E-state index in [0.29, 0.717) is 10.6 Å². The van der Waals surface area contributed by atoms with Gasteiger partial charge >= 0.3 is 12.1 Å². The summed E-state index contributed by atoms with van der Waals surface area (Å²) in [5.74, 6) is -2.11. The molecule has 0 aliphatic heterocycles. The summed E-state index contributed by atoms with van der Waals surface area (Å²) in [6, 6.07) is 9.12. The third-order valence-corrected chi connectivity index (χ3v) is 4.98. The molecule has 0 spiro atoms. The minimum atomic E-state index is -4.55. The molecule has 30 heavy (non-hydrogen) atoms. The first-order chi connectivity index (χ1) is 14.0. The summed E-state index contributed by atoms with van der Waals surface area (Å²) in [7, 11) is 0. The molecule has 11 heteroatoms. The van der Waals surface area contributed by atoms with E-state index in [0.717, 1.165) is 30.0 Å². The summed E-state index contributed by atoms with van der Waals surface area (Å²) in [5.41, 5.74) is -0.581. The first-order valence-electron chi connectivity index (χ1n) is 8.45. The standard InChI is InChI=1S/C19H16ClF3N2O4S/c20-14-6-1-11(19(21,22)23)9-15(14)25-17(27)10-30-13-4-2-12(3-5-13)24-16(26)7-8-18(28)29/h1-6,9H,7-8,10H2,(H,24,26)(H,25,27)(H,28,29). The first kappa shape index (κ1) is 23.6. The van der Waals surface area contributed by atoms with Crippen LogP contribution in [0.4, 0.5) is 24.5 Å². The van der Waals surface area contributed by atoms with E-state index in [1.807, 2.05) is 0 Å². The predicted octanol–water partition coefficient (Wildman–Crippen LogP) is 4.89. The molecule has 6 nitrogen and oxygen atoms in total. The maximum atomic E-state index is 12.8. The van der Waals surface area contributed by atoms with Crippen LogP contribution in [-0.2, 0) is 20.6 Å². The Labute approximate surface area is 178 Å². The largest absolute Gasteiger partial charge is 0.481 e. The molecule has 160 valence electrons. The van der Waals surface area contributed by atoms with E-state index in [4.69, 9.17) is 16.7 Å². The highest BCUT2D eigenvalue weighted by atomic mass is 35.5. The van der Waals surface area contributed by atoms with Gasteiger partial charge in [-0.2, -0.15) is 13.2 Å². The smallest absolute Gasteiger partial charge is 0.416 e. The lowest BCUT2D eigenvalue weighted by atomic mass is 10.2. The number of carboxylic acid groups (broad SMARTS) is 1. The van der Waals surface area contributed by atoms with Crippen LogP contribution in [0, 0.1) is 0 Å². The van der Waals surface area contributed by atoms with E-state index in [1.54, 1.807) is 24.3 Å². The van der Waals surface area contributed by atoms with E-state index < -0.39 is 29.5 Å². The van der Waals surface area contributed by atoms with Gasteiger partial charge < -0.3 is 15.7 Å². The van der Waals surface area contributed by atoms with Crippen molar-refractivity contribution in [1.29, 1.82) is 0 Å². The quantitative estimate of drug-likeness (QED) is 0.487. The maximum absolute atomic E-state index is 12.8. The lowest BCUT2D eigenvalue weighted by Crippen LogP contribution is -2.15. The number of nitrogens with one attached hydrogen (secondary N) is 2. The summed E-state index contributed by atoms with van der Waals surface area (Å²) in [6.45, 7) is 0. The van der Waals surface area contributed by atoms with Crippen molar-refractivity contribution in [3.63, 3.8) is 0 Å². The Balaban J connectivity index is 1.88. The minimum Gasteiger partial charge on any atom is -0.481 e. The van der Waals surface area contributed by atoms with Crippen LogP contribution in [0.3, 0.4) is 0 Å². The fourth-order valence-corrected chi connectivity index (χ4v) is 3.07. The van der Waals surface area contributed by atoms with Gasteiger partial charge in [-0.3, -0.25) is 14.4 Å². The van der Waals surface area contributed by atoms with Crippen molar-refractivity contribution in [3.8, 4) is 0 Å². The average molecular weight is 461 g/mol. The highest BCUT2D eigenvalue weighted by Gasteiger charge is 2.31. The van der Waals surface area contributed by atoms with Gasteiger partial charge in [0.25, 0.3) is 0 Å². The summed E-state index contributed by atoms with van der Waals surface area (Å²) in [6.07, 6.45) is -4.97. The number of carbonyl (C=O) groups is 3. The second kappa shape index (κ2) is 10.4. The lowest BCUT2D eigenvalue weighted by molar-refractivity contribution is -0.138. The molecule has 0 unspecified atom stereocenters. The number of benzene rings is 2. The number of thioether (sulfide) groups is 1. The fraction of sp³-hybridized carbons (Fsp3) is 0.211. The minimum absolute atomic E-state index is 0.00987. The molecule has 0 atom stereocenters. The number of carbonyl (C=O) groups excluding carboxylic acids is 2. The molecule has 0 aliphatic carbocycles. The molecule has 0 radical (unpaired) electrons. The summed E-state index contributed by atoms with van der Waals surface area (Å²) in [5, 5.41) is 13.4. The van der Waals surface area contributed by atoms with Crippen LogP contribution in [0.25, 0.3) is 0 Å². The zero-order chi connectivity index (χ0) is 22.3. The molecule has 2 aromatic rings. The van der Waals surface area contributed by atoms with Gasteiger partial charge in [-0.15, -0.1) is 11.8 Å². The molecular weight excluding hydrogens is 445 g/mol. The predicted molar refractivity (Wildman–Crippen MR) is 108 cm³/mol. The Bertz CT molecular complexity index is 936. The molecule has 0 saturated carbocycles. The number of anilines is 2. The van der Waals surface area contributed by atoms with Gasteiger partial charge in [0.1, 0.15) is 0 Å². The lowest BCUT2D eigenvalue weighted by Gasteiger charge is -2.11. The molecule has 0 saturated heterocycles. The Morgan fingerprint density at radius 2 is 1.63 bits per heavy atom. The van der Waals surface area contributed by atoms with Crippen LogP contribution in [-0.4, -0.2) is 28.6 Å². The number of amides is 2. The molecule has 2 aromatic carbocycles. The number of hydrogen-bond donors (Lipinski definition) is 3. The van der Waals surface area contributed by atoms with Crippen LogP contribution in [0.5, 0.6) is 0 Å². The van der Waals surface area contributed by atoms with Crippen molar-refractivity contribution in [2.75, 3.05) is 16.4 Å². The number of carboxylic acids is 1. The van der Waals surface area contributed by atoms with Gasteiger partial charge in [-0.25, -0.2) is 0 Å². The Hall–Kier alpha value is -2.72. The van der Waals surface area contributed by atoms with Gasteiger partial charge in [0.2, 0.25) is 11.8 Å². The average Bonchev–Trinajstić information content (AvgIpc) is 2.66. The van der Waals surface area contributed by atoms with E-state index in [2.05, 4.69) is 10.6 Å². The van der Waals surface area contributed by atoms with Crippen molar-refractivity contribution in [3.05, 3.63) is 53.1 Å². The second-order valence-electron chi connectivity index (χ2n) is 6.00. The zero-order valence-electron chi connectivity index (χ0n) is 15.3. The topological polar surface area (TPSA) is 95.5 Å². The number of rotatable bonds is 8. The summed E-state index contributed by atoms with van der Waals surface area (Å²) >= 11 is 6.99. The van der Waals surface area contributed by atoms with Gasteiger partial charge in [0.15, 0.2) is 0 Å². The summed E-state index contributed by atoms with van der Waals surface area (Å²) in [4.78, 5) is 34.8. The van der Waals surface area contributed by atoms with Gasteiger partial charge in [-0.1, -0.05) is 11.6 Å². The highest BCUT2D eigenvalue weighted by molar-refractivity contribution is 8.00. The molecule has 0 fully saturated rings. The third kappa shape index (κ3) is 7.60. The monoisotopic (exact) mass is 460 g/mol. The van der Waals surface area contributed by atoms with Crippen molar-refractivity contribution in [2.24, 2.45) is 0 Å². The third-order valence-electron chi connectivity index (χ3n) is 3.64. The number of aliphatic carboxylic acids is 1. The van der Waals surface area contributed by atoms with E-state index in [1.165, 1.54) is 0 Å². The zero-order valence-corrected chi connectivity index (χ0v) is 16.8. The molecule has 2 amide bonds. The van der Waals surface area contributed by atoms with Crippen molar-refractivity contribution in [2.45, 2.75) is 23.9 Å². The van der Waals surface area contributed by atoms with Crippen molar-refractivity contribution in [1.82, 2.24) is 0 Å². The fourth-order valence-electron chi connectivity index (χ4n) is 2.21. The SMILES string of the molecule is O=C(O)CCC(=O)Nc1ccc(SCC(=O)Nc2cc(C(F)(F)F)ccc2Cl)cc1. The van der Waals surface area contributed by atoms with Gasteiger partial charge in [-0.05, 0) is 42.5 Å². The van der Waals surface area contributed by atoms with Gasteiger partial charge in [0, 0.05) is 17.0 Å². The van der Waals surface area contributed by atoms with E-state index in [9.17, 15) is 27.6 Å².